The van der Waals surface area contributed by atoms with Crippen LogP contribution >= 0.6 is 0 Å². The van der Waals surface area contributed by atoms with E-state index in [1.807, 2.05) is 19.9 Å². The average Bonchev–Trinajstić information content (AvgIpc) is 3.33. The second-order valence-corrected chi connectivity index (χ2v) is 6.82. The number of nitrogens with one attached hydrogen (secondary N) is 3. The summed E-state index contributed by atoms with van der Waals surface area (Å²) in [6, 6.07) is 3.67. The topological polar surface area (TPSA) is 113 Å². The molecule has 1 amide bonds. The third kappa shape index (κ3) is 3.56. The SMILES string of the molecule is CCc1nc(C(C)N2CCC(C)(NC(=O)c3cc(C#N)c[nH]3)C2)n[nH]1. The highest BCUT2D eigenvalue weighted by atomic mass is 16.2. The summed E-state index contributed by atoms with van der Waals surface area (Å²) in [5, 5.41) is 19.2. The number of aromatic amines is 2. The molecule has 1 saturated heterocycles. The molecule has 8 heteroatoms. The number of aryl methyl sites for hydroxylation is 1. The van der Waals surface area contributed by atoms with Crippen molar-refractivity contribution in [2.24, 2.45) is 0 Å². The first-order valence-corrected chi connectivity index (χ1v) is 8.50. The minimum atomic E-state index is -0.326. The standard InChI is InChI=1S/C17H23N7O/c1-4-14-20-15(23-22-14)11(2)24-6-5-17(3,10-24)21-16(25)13-7-12(8-18)9-19-13/h7,9,11,19H,4-6,10H2,1-3H3,(H,21,25)(H,20,22,23). The molecular weight excluding hydrogens is 318 g/mol. The number of rotatable bonds is 5. The number of carbonyl (C=O) groups excluding carboxylic acids is 1. The zero-order valence-corrected chi connectivity index (χ0v) is 14.8. The molecule has 0 aromatic carbocycles. The smallest absolute Gasteiger partial charge is 0.268 e. The summed E-state index contributed by atoms with van der Waals surface area (Å²) in [6.45, 7) is 7.75. The highest BCUT2D eigenvalue weighted by molar-refractivity contribution is 5.93. The highest BCUT2D eigenvalue weighted by Crippen LogP contribution is 2.28. The maximum Gasteiger partial charge on any atom is 0.268 e. The van der Waals surface area contributed by atoms with Crippen LogP contribution in [-0.2, 0) is 6.42 Å². The summed E-state index contributed by atoms with van der Waals surface area (Å²) >= 11 is 0. The number of hydrogen-bond acceptors (Lipinski definition) is 5. The Kier molecular flexibility index (Phi) is 4.59. The van der Waals surface area contributed by atoms with Crippen LogP contribution in [-0.4, -0.2) is 49.6 Å². The van der Waals surface area contributed by atoms with E-state index in [9.17, 15) is 4.79 Å². The lowest BCUT2D eigenvalue weighted by Crippen LogP contribution is -2.48. The number of H-pyrrole nitrogens is 2. The van der Waals surface area contributed by atoms with E-state index in [0.29, 0.717) is 11.3 Å². The minimum Gasteiger partial charge on any atom is -0.356 e. The van der Waals surface area contributed by atoms with Gasteiger partial charge in [0.1, 0.15) is 17.6 Å². The summed E-state index contributed by atoms with van der Waals surface area (Å²) < 4.78 is 0. The van der Waals surface area contributed by atoms with E-state index in [2.05, 4.69) is 37.3 Å². The van der Waals surface area contributed by atoms with E-state index in [1.54, 1.807) is 6.07 Å². The van der Waals surface area contributed by atoms with E-state index in [-0.39, 0.29) is 17.5 Å². The third-order valence-corrected chi connectivity index (χ3v) is 4.78. The van der Waals surface area contributed by atoms with E-state index in [1.165, 1.54) is 6.20 Å². The lowest BCUT2D eigenvalue weighted by atomic mass is 10.0. The van der Waals surface area contributed by atoms with Crippen molar-refractivity contribution in [3.8, 4) is 6.07 Å². The zero-order valence-electron chi connectivity index (χ0n) is 14.8. The number of amides is 1. The molecule has 132 valence electrons. The predicted molar refractivity (Wildman–Crippen MR) is 91.7 cm³/mol. The van der Waals surface area contributed by atoms with E-state index < -0.39 is 0 Å². The van der Waals surface area contributed by atoms with Gasteiger partial charge in [-0.25, -0.2) is 4.98 Å². The maximum atomic E-state index is 12.4. The Morgan fingerprint density at radius 3 is 3.04 bits per heavy atom. The number of carbonyl (C=O) groups is 1. The Bertz CT molecular complexity index is 802. The Morgan fingerprint density at radius 2 is 2.40 bits per heavy atom. The van der Waals surface area contributed by atoms with Crippen molar-refractivity contribution >= 4 is 5.91 Å². The largest absolute Gasteiger partial charge is 0.356 e. The van der Waals surface area contributed by atoms with Gasteiger partial charge in [-0.1, -0.05) is 6.92 Å². The number of likely N-dealkylation sites (tertiary alicyclic amines) is 1. The van der Waals surface area contributed by atoms with Crippen LogP contribution in [0.15, 0.2) is 12.3 Å². The van der Waals surface area contributed by atoms with Crippen molar-refractivity contribution in [3.63, 3.8) is 0 Å². The molecule has 1 aliphatic rings. The lowest BCUT2D eigenvalue weighted by molar-refractivity contribution is 0.0900. The first kappa shape index (κ1) is 17.2. The molecule has 8 nitrogen and oxygen atoms in total. The molecule has 3 heterocycles. The molecule has 1 fully saturated rings. The molecular formula is C17H23N7O. The van der Waals surface area contributed by atoms with Crippen LogP contribution in [0.1, 0.15) is 60.9 Å². The minimum absolute atomic E-state index is 0.0888. The lowest BCUT2D eigenvalue weighted by Gasteiger charge is -2.28. The maximum absolute atomic E-state index is 12.4. The van der Waals surface area contributed by atoms with Gasteiger partial charge in [0, 0.05) is 25.7 Å². The Balaban J connectivity index is 1.64. The molecule has 3 N–H and O–H groups in total. The molecule has 0 saturated carbocycles. The van der Waals surface area contributed by atoms with Gasteiger partial charge >= 0.3 is 0 Å². The van der Waals surface area contributed by atoms with Gasteiger partial charge in [0.25, 0.3) is 5.91 Å². The normalized spacial score (nSPS) is 21.8. The molecule has 2 aromatic heterocycles. The van der Waals surface area contributed by atoms with Crippen molar-refractivity contribution in [3.05, 3.63) is 35.2 Å². The zero-order chi connectivity index (χ0) is 18.0. The van der Waals surface area contributed by atoms with Crippen LogP contribution in [0.2, 0.25) is 0 Å². The summed E-state index contributed by atoms with van der Waals surface area (Å²) in [5.74, 6) is 1.48. The fourth-order valence-corrected chi connectivity index (χ4v) is 3.18. The molecule has 1 aliphatic heterocycles. The van der Waals surface area contributed by atoms with E-state index in [4.69, 9.17) is 5.26 Å². The Hall–Kier alpha value is -2.66. The fraction of sp³-hybridized carbons (Fsp3) is 0.529. The van der Waals surface area contributed by atoms with E-state index >= 15 is 0 Å². The predicted octanol–water partition coefficient (Wildman–Crippen LogP) is 1.52. The molecule has 0 bridgehead atoms. The molecule has 0 aliphatic carbocycles. The van der Waals surface area contributed by atoms with Gasteiger partial charge in [-0.05, 0) is 26.3 Å². The van der Waals surface area contributed by atoms with Crippen molar-refractivity contribution < 1.29 is 4.79 Å². The van der Waals surface area contributed by atoms with Crippen LogP contribution in [0.5, 0.6) is 0 Å². The third-order valence-electron chi connectivity index (χ3n) is 4.78. The monoisotopic (exact) mass is 341 g/mol. The van der Waals surface area contributed by atoms with Crippen molar-refractivity contribution in [1.82, 2.24) is 30.4 Å². The van der Waals surface area contributed by atoms with Crippen molar-refractivity contribution in [2.45, 2.75) is 45.2 Å². The van der Waals surface area contributed by atoms with Crippen LogP contribution in [0.4, 0.5) is 0 Å². The second-order valence-electron chi connectivity index (χ2n) is 6.82. The number of aromatic nitrogens is 4. The summed E-state index contributed by atoms with van der Waals surface area (Å²) in [4.78, 5) is 22.1. The van der Waals surface area contributed by atoms with Gasteiger partial charge in [-0.3, -0.25) is 14.8 Å². The number of nitriles is 1. The van der Waals surface area contributed by atoms with Crippen LogP contribution < -0.4 is 5.32 Å². The quantitative estimate of drug-likeness (QED) is 0.763. The first-order chi connectivity index (χ1) is 11.9. The summed E-state index contributed by atoms with van der Waals surface area (Å²) in [6.07, 6.45) is 3.21. The Labute approximate surface area is 146 Å². The van der Waals surface area contributed by atoms with Gasteiger partial charge in [-0.2, -0.15) is 10.4 Å². The average molecular weight is 341 g/mol. The molecule has 2 aromatic rings. The Morgan fingerprint density at radius 1 is 1.60 bits per heavy atom. The van der Waals surface area contributed by atoms with Gasteiger partial charge in [-0.15, -0.1) is 0 Å². The van der Waals surface area contributed by atoms with Crippen LogP contribution in [0.25, 0.3) is 0 Å². The van der Waals surface area contributed by atoms with Gasteiger partial charge in [0.2, 0.25) is 0 Å². The van der Waals surface area contributed by atoms with Gasteiger partial charge in [0.15, 0.2) is 5.82 Å². The molecule has 2 unspecified atom stereocenters. The number of nitrogens with zero attached hydrogens (tertiary/aromatic N) is 4. The van der Waals surface area contributed by atoms with Gasteiger partial charge in [0.05, 0.1) is 17.1 Å². The van der Waals surface area contributed by atoms with E-state index in [0.717, 1.165) is 37.6 Å². The molecule has 25 heavy (non-hydrogen) atoms. The molecule has 0 radical (unpaired) electrons. The molecule has 0 spiro atoms. The number of hydrogen-bond donors (Lipinski definition) is 3. The van der Waals surface area contributed by atoms with Crippen LogP contribution in [0.3, 0.4) is 0 Å². The molecule has 2 atom stereocenters. The van der Waals surface area contributed by atoms with Crippen molar-refractivity contribution in [2.75, 3.05) is 13.1 Å². The summed E-state index contributed by atoms with van der Waals surface area (Å²) in [5.41, 5.74) is 0.534. The van der Waals surface area contributed by atoms with Gasteiger partial charge < -0.3 is 10.3 Å². The first-order valence-electron chi connectivity index (χ1n) is 8.50. The van der Waals surface area contributed by atoms with Crippen LogP contribution in [0, 0.1) is 11.3 Å². The van der Waals surface area contributed by atoms with Crippen molar-refractivity contribution in [1.29, 1.82) is 5.26 Å². The second kappa shape index (κ2) is 6.69. The highest BCUT2D eigenvalue weighted by Gasteiger charge is 2.38. The molecule has 3 rings (SSSR count). The summed E-state index contributed by atoms with van der Waals surface area (Å²) in [7, 11) is 0. The fourth-order valence-electron chi connectivity index (χ4n) is 3.18.